The topological polar surface area (TPSA) is 55.8 Å². The van der Waals surface area contributed by atoms with Crippen molar-refractivity contribution >= 4 is 12.4 Å². The lowest BCUT2D eigenvalue weighted by molar-refractivity contribution is -0.108. The largest absolute Gasteiger partial charge is 0.491 e. The van der Waals surface area contributed by atoms with Gasteiger partial charge in [-0.25, -0.2) is 4.79 Å². The zero-order valence-electron chi connectivity index (χ0n) is 14.4. The van der Waals surface area contributed by atoms with Crippen LogP contribution in [0.5, 0.6) is 0 Å². The molecule has 1 atom stereocenters. The molecule has 122 valence electrons. The third kappa shape index (κ3) is 8.38. The van der Waals surface area contributed by atoms with Crippen LogP contribution >= 0.6 is 0 Å². The van der Waals surface area contributed by atoms with Gasteiger partial charge < -0.3 is 19.2 Å². The number of hydrogen-bond donors (Lipinski definition) is 0. The summed E-state index contributed by atoms with van der Waals surface area (Å²) in [5.41, 5.74) is -0.988. The highest BCUT2D eigenvalue weighted by atomic mass is 16.6. The normalized spacial score (nSPS) is 13.3. The average molecular weight is 299 g/mol. The van der Waals surface area contributed by atoms with Crippen molar-refractivity contribution in [2.45, 2.75) is 71.6 Å². The number of ether oxygens (including phenoxy) is 2. The van der Waals surface area contributed by atoms with Crippen molar-refractivity contribution in [3.63, 3.8) is 0 Å². The van der Waals surface area contributed by atoms with Gasteiger partial charge >= 0.3 is 6.09 Å². The summed E-state index contributed by atoms with van der Waals surface area (Å²) in [4.78, 5) is 24.2. The molecule has 0 bridgehead atoms. The molecule has 0 aliphatic rings. The molecule has 0 aromatic carbocycles. The number of nitrogens with zero attached hydrogens (tertiary/aromatic N) is 1. The van der Waals surface area contributed by atoms with Gasteiger partial charge in [-0.05, 0) is 48.0 Å². The fourth-order valence-corrected chi connectivity index (χ4v) is 1.72. The van der Waals surface area contributed by atoms with E-state index in [0.29, 0.717) is 18.6 Å². The molecule has 0 aromatic heterocycles. The summed E-state index contributed by atoms with van der Waals surface area (Å²) in [6.45, 7) is 15.0. The number of carbonyl (C=O) groups excluding carboxylic acids is 2. The van der Waals surface area contributed by atoms with Crippen molar-refractivity contribution < 1.29 is 19.1 Å². The Morgan fingerprint density at radius 1 is 1.14 bits per heavy atom. The van der Waals surface area contributed by atoms with E-state index in [9.17, 15) is 9.59 Å². The first-order chi connectivity index (χ1) is 9.37. The van der Waals surface area contributed by atoms with Crippen molar-refractivity contribution in [1.82, 2.24) is 4.90 Å². The van der Waals surface area contributed by atoms with E-state index < -0.39 is 23.3 Å². The molecule has 0 saturated carbocycles. The molecule has 0 aliphatic heterocycles. The molecule has 0 fully saturated rings. The number of carbonyl (C=O) groups is 2. The van der Waals surface area contributed by atoms with Gasteiger partial charge in [-0.3, -0.25) is 0 Å². The van der Waals surface area contributed by atoms with Crippen molar-refractivity contribution in [2.24, 2.45) is 0 Å². The van der Waals surface area contributed by atoms with Gasteiger partial charge in [0.1, 0.15) is 23.2 Å². The number of amides is 1. The summed E-state index contributed by atoms with van der Waals surface area (Å²) >= 11 is 0. The number of likely N-dealkylation sites (N-methyl/N-ethyl adjacent to an activating group) is 1. The summed E-state index contributed by atoms with van der Waals surface area (Å²) in [6.07, 6.45) is 1.13. The molecule has 0 aromatic rings. The molecule has 0 spiro atoms. The number of aldehydes is 1. The van der Waals surface area contributed by atoms with E-state index >= 15 is 0 Å². The van der Waals surface area contributed by atoms with E-state index in [1.54, 1.807) is 27.8 Å². The van der Waals surface area contributed by atoms with E-state index in [0.717, 1.165) is 6.29 Å². The van der Waals surface area contributed by atoms with Crippen LogP contribution in [0.1, 0.15) is 54.4 Å². The highest BCUT2D eigenvalue weighted by molar-refractivity contribution is 5.68. The Hall–Kier alpha value is -1.52. The zero-order chi connectivity index (χ0) is 16.8. The maximum Gasteiger partial charge on any atom is 0.410 e. The highest BCUT2D eigenvalue weighted by Crippen LogP contribution is 2.22. The highest BCUT2D eigenvalue weighted by Gasteiger charge is 2.29. The Kier molecular flexibility index (Phi) is 6.94. The lowest BCUT2D eigenvalue weighted by Gasteiger charge is -2.34. The van der Waals surface area contributed by atoms with Gasteiger partial charge in [0.2, 0.25) is 0 Å². The Bertz CT molecular complexity index is 377. The lowest BCUT2D eigenvalue weighted by atomic mass is 10.1. The predicted octanol–water partition coefficient (Wildman–Crippen LogP) is 3.53. The molecule has 5 heteroatoms. The van der Waals surface area contributed by atoms with Gasteiger partial charge in [-0.2, -0.15) is 0 Å². The molecule has 5 nitrogen and oxygen atoms in total. The van der Waals surface area contributed by atoms with Crippen LogP contribution in [0.25, 0.3) is 0 Å². The van der Waals surface area contributed by atoms with E-state index in [1.807, 2.05) is 20.8 Å². The first kappa shape index (κ1) is 19.5. The SMILES string of the molecule is C=C(OC(C)(C)C)C(CCC=O)N(C)C(=O)OC(C)(C)C. The van der Waals surface area contributed by atoms with Crippen LogP contribution in [-0.4, -0.2) is 41.6 Å². The van der Waals surface area contributed by atoms with Crippen molar-refractivity contribution in [3.05, 3.63) is 12.3 Å². The van der Waals surface area contributed by atoms with Crippen LogP contribution in [0.2, 0.25) is 0 Å². The molecule has 0 aliphatic carbocycles. The van der Waals surface area contributed by atoms with Gasteiger partial charge in [-0.1, -0.05) is 6.58 Å². The minimum Gasteiger partial charge on any atom is -0.491 e. The van der Waals surface area contributed by atoms with Crippen molar-refractivity contribution in [3.8, 4) is 0 Å². The molecule has 21 heavy (non-hydrogen) atoms. The van der Waals surface area contributed by atoms with E-state index in [2.05, 4.69) is 6.58 Å². The van der Waals surface area contributed by atoms with Crippen LogP contribution in [0.15, 0.2) is 12.3 Å². The monoisotopic (exact) mass is 299 g/mol. The number of hydrogen-bond acceptors (Lipinski definition) is 4. The first-order valence-corrected chi connectivity index (χ1v) is 7.14. The van der Waals surface area contributed by atoms with Crippen LogP contribution in [0, 0.1) is 0 Å². The Morgan fingerprint density at radius 2 is 1.62 bits per heavy atom. The zero-order valence-corrected chi connectivity index (χ0v) is 14.4. The Morgan fingerprint density at radius 3 is 2.00 bits per heavy atom. The van der Waals surface area contributed by atoms with Gasteiger partial charge in [0.15, 0.2) is 0 Å². The third-order valence-electron chi connectivity index (χ3n) is 2.52. The molecular formula is C16H29NO4. The van der Waals surface area contributed by atoms with Crippen molar-refractivity contribution in [2.75, 3.05) is 7.05 Å². The smallest absolute Gasteiger partial charge is 0.410 e. The van der Waals surface area contributed by atoms with Crippen LogP contribution in [-0.2, 0) is 14.3 Å². The predicted molar refractivity (Wildman–Crippen MR) is 83.1 cm³/mol. The van der Waals surface area contributed by atoms with E-state index in [-0.39, 0.29) is 0 Å². The van der Waals surface area contributed by atoms with Crippen LogP contribution < -0.4 is 0 Å². The molecular weight excluding hydrogens is 270 g/mol. The molecule has 0 N–H and O–H groups in total. The fourth-order valence-electron chi connectivity index (χ4n) is 1.72. The molecule has 1 amide bonds. The fraction of sp³-hybridized carbons (Fsp3) is 0.750. The van der Waals surface area contributed by atoms with Gasteiger partial charge in [0, 0.05) is 13.5 Å². The third-order valence-corrected chi connectivity index (χ3v) is 2.52. The number of rotatable bonds is 6. The second-order valence-electron chi connectivity index (χ2n) is 7.03. The second-order valence-corrected chi connectivity index (χ2v) is 7.03. The van der Waals surface area contributed by atoms with E-state index in [1.165, 1.54) is 4.90 Å². The average Bonchev–Trinajstić information content (AvgIpc) is 2.24. The molecule has 0 saturated heterocycles. The van der Waals surface area contributed by atoms with Crippen LogP contribution in [0.3, 0.4) is 0 Å². The second kappa shape index (κ2) is 7.48. The minimum absolute atomic E-state index is 0.324. The summed E-state index contributed by atoms with van der Waals surface area (Å²) in [7, 11) is 1.63. The lowest BCUT2D eigenvalue weighted by Crippen LogP contribution is -2.43. The van der Waals surface area contributed by atoms with E-state index in [4.69, 9.17) is 9.47 Å². The maximum atomic E-state index is 12.2. The van der Waals surface area contributed by atoms with Gasteiger partial charge in [0.25, 0.3) is 0 Å². The summed E-state index contributed by atoms with van der Waals surface area (Å²) in [5, 5.41) is 0. The molecule has 0 heterocycles. The molecule has 1 unspecified atom stereocenters. The molecule has 0 radical (unpaired) electrons. The first-order valence-electron chi connectivity index (χ1n) is 7.14. The standard InChI is InChI=1S/C16H29NO4/c1-12(20-15(2,3)4)13(10-9-11-18)17(8)14(19)21-16(5,6)7/h11,13H,1,9-10H2,2-8H3. The molecule has 0 rings (SSSR count). The van der Waals surface area contributed by atoms with Gasteiger partial charge in [0.05, 0.1) is 6.04 Å². The van der Waals surface area contributed by atoms with Crippen LogP contribution in [0.4, 0.5) is 4.79 Å². The summed E-state index contributed by atoms with van der Waals surface area (Å²) in [6, 6.07) is -0.399. The van der Waals surface area contributed by atoms with Gasteiger partial charge in [-0.15, -0.1) is 0 Å². The minimum atomic E-state index is -0.577. The quantitative estimate of drug-likeness (QED) is 0.556. The summed E-state index contributed by atoms with van der Waals surface area (Å²) < 4.78 is 11.1. The Balaban J connectivity index is 5.00. The Labute approximate surface area is 128 Å². The maximum absolute atomic E-state index is 12.2. The van der Waals surface area contributed by atoms with Crippen molar-refractivity contribution in [1.29, 1.82) is 0 Å². The summed E-state index contributed by atoms with van der Waals surface area (Å²) in [5.74, 6) is 0.456.